The van der Waals surface area contributed by atoms with E-state index in [4.69, 9.17) is 14.0 Å². The number of nitrogens with one attached hydrogen (secondary N) is 1. The Hall–Kier alpha value is -3.03. The zero-order valence-electron chi connectivity index (χ0n) is 14.7. The van der Waals surface area contributed by atoms with Gasteiger partial charge in [-0.05, 0) is 43.9 Å². The molecule has 8 nitrogen and oxygen atoms in total. The van der Waals surface area contributed by atoms with E-state index in [0.717, 1.165) is 36.9 Å². The zero-order chi connectivity index (χ0) is 18.4. The lowest BCUT2D eigenvalue weighted by Gasteiger charge is -2.38. The second kappa shape index (κ2) is 6.29. The third-order valence-corrected chi connectivity index (χ3v) is 5.36. The van der Waals surface area contributed by atoms with E-state index in [9.17, 15) is 9.59 Å². The van der Waals surface area contributed by atoms with Gasteiger partial charge in [-0.25, -0.2) is 0 Å². The number of anilines is 1. The number of hydrogen-bond acceptors (Lipinski definition) is 6. The lowest BCUT2D eigenvalue weighted by atomic mass is 9.96. The van der Waals surface area contributed by atoms with Crippen LogP contribution in [0.5, 0.6) is 11.5 Å². The molecule has 0 spiro atoms. The molecule has 140 valence electrons. The van der Waals surface area contributed by atoms with Gasteiger partial charge in [-0.15, -0.1) is 0 Å². The van der Waals surface area contributed by atoms with Crippen molar-refractivity contribution in [2.45, 2.75) is 25.7 Å². The molecule has 0 saturated carbocycles. The van der Waals surface area contributed by atoms with Gasteiger partial charge in [0.15, 0.2) is 11.5 Å². The van der Waals surface area contributed by atoms with Crippen LogP contribution in [0.3, 0.4) is 0 Å². The van der Waals surface area contributed by atoms with Crippen molar-refractivity contribution >= 4 is 17.7 Å². The Balaban J connectivity index is 1.20. The van der Waals surface area contributed by atoms with Crippen LogP contribution in [0.15, 0.2) is 22.7 Å². The summed E-state index contributed by atoms with van der Waals surface area (Å²) in [5.41, 5.74) is 2.49. The summed E-state index contributed by atoms with van der Waals surface area (Å²) in [5, 5.41) is 6.89. The van der Waals surface area contributed by atoms with Crippen molar-refractivity contribution in [1.82, 2.24) is 10.1 Å². The lowest BCUT2D eigenvalue weighted by Crippen LogP contribution is -2.54. The highest BCUT2D eigenvalue weighted by molar-refractivity contribution is 5.98. The van der Waals surface area contributed by atoms with Crippen molar-refractivity contribution in [1.29, 1.82) is 0 Å². The third-order valence-electron chi connectivity index (χ3n) is 5.36. The molecule has 8 heteroatoms. The Morgan fingerprint density at radius 1 is 1.11 bits per heavy atom. The minimum atomic E-state index is -0.243. The van der Waals surface area contributed by atoms with E-state index < -0.39 is 0 Å². The highest BCUT2D eigenvalue weighted by atomic mass is 16.7. The molecule has 1 aromatic heterocycles. The van der Waals surface area contributed by atoms with Gasteiger partial charge in [-0.2, -0.15) is 0 Å². The van der Waals surface area contributed by atoms with Crippen LogP contribution in [-0.2, 0) is 17.6 Å². The molecular weight excluding hydrogens is 350 g/mol. The van der Waals surface area contributed by atoms with Crippen LogP contribution >= 0.6 is 0 Å². The molecule has 2 aromatic rings. The summed E-state index contributed by atoms with van der Waals surface area (Å²) < 4.78 is 15.9. The van der Waals surface area contributed by atoms with E-state index in [-0.39, 0.29) is 24.5 Å². The molecule has 1 fully saturated rings. The number of fused-ring (bicyclic) bond motifs is 2. The van der Waals surface area contributed by atoms with Gasteiger partial charge in [-0.3, -0.25) is 14.9 Å². The maximum atomic E-state index is 12.6. The van der Waals surface area contributed by atoms with Gasteiger partial charge in [-0.1, -0.05) is 5.16 Å². The summed E-state index contributed by atoms with van der Waals surface area (Å²) in [4.78, 5) is 26.7. The summed E-state index contributed by atoms with van der Waals surface area (Å²) in [6.45, 7) is 0.940. The van der Waals surface area contributed by atoms with E-state index in [2.05, 4.69) is 10.5 Å². The normalized spacial score (nSPS) is 18.0. The van der Waals surface area contributed by atoms with Gasteiger partial charge in [0.05, 0.1) is 11.6 Å². The van der Waals surface area contributed by atoms with Gasteiger partial charge in [0.2, 0.25) is 18.6 Å². The number of aryl methyl sites for hydroxylation is 1. The van der Waals surface area contributed by atoms with Crippen molar-refractivity contribution < 1.29 is 23.6 Å². The molecule has 3 aliphatic rings. The molecule has 1 aromatic carbocycles. The highest BCUT2D eigenvalue weighted by Gasteiger charge is 2.37. The van der Waals surface area contributed by atoms with Crippen LogP contribution in [0.1, 0.15) is 34.5 Å². The molecule has 0 bridgehead atoms. The molecule has 2 aliphatic heterocycles. The molecule has 2 amide bonds. The molecular formula is C19H19N3O5. The van der Waals surface area contributed by atoms with Crippen molar-refractivity contribution in [3.8, 4) is 11.5 Å². The van der Waals surface area contributed by atoms with E-state index >= 15 is 0 Å². The number of likely N-dealkylation sites (tertiary alicyclic amines) is 1. The van der Waals surface area contributed by atoms with Crippen LogP contribution in [0.25, 0.3) is 0 Å². The van der Waals surface area contributed by atoms with Crippen LogP contribution in [0.4, 0.5) is 5.88 Å². The van der Waals surface area contributed by atoms with E-state index in [1.54, 1.807) is 23.1 Å². The Morgan fingerprint density at radius 3 is 2.81 bits per heavy atom. The lowest BCUT2D eigenvalue weighted by molar-refractivity contribution is -0.123. The Kier molecular flexibility index (Phi) is 3.77. The minimum Gasteiger partial charge on any atom is -0.454 e. The maximum Gasteiger partial charge on any atom is 0.254 e. The smallest absolute Gasteiger partial charge is 0.254 e. The van der Waals surface area contributed by atoms with E-state index in [0.29, 0.717) is 36.0 Å². The number of carbonyl (C=O) groups is 2. The topological polar surface area (TPSA) is 93.9 Å². The van der Waals surface area contributed by atoms with Crippen molar-refractivity contribution in [2.24, 2.45) is 5.92 Å². The molecule has 0 atom stereocenters. The Bertz CT molecular complexity index is 916. The van der Waals surface area contributed by atoms with E-state index in [1.807, 2.05) is 0 Å². The van der Waals surface area contributed by atoms with Crippen molar-refractivity contribution in [3.63, 3.8) is 0 Å². The van der Waals surface area contributed by atoms with Crippen LogP contribution in [-0.4, -0.2) is 41.8 Å². The summed E-state index contributed by atoms with van der Waals surface area (Å²) >= 11 is 0. The summed E-state index contributed by atoms with van der Waals surface area (Å²) in [5.74, 6) is 1.19. The first kappa shape index (κ1) is 16.2. The first-order valence-corrected chi connectivity index (χ1v) is 9.16. The second-order valence-electron chi connectivity index (χ2n) is 7.11. The first-order chi connectivity index (χ1) is 13.2. The predicted octanol–water partition coefficient (Wildman–Crippen LogP) is 1.99. The van der Waals surface area contributed by atoms with Gasteiger partial charge >= 0.3 is 0 Å². The third kappa shape index (κ3) is 2.81. The number of ether oxygens (including phenoxy) is 2. The van der Waals surface area contributed by atoms with Gasteiger partial charge in [0.1, 0.15) is 0 Å². The predicted molar refractivity (Wildman–Crippen MR) is 93.7 cm³/mol. The molecule has 0 unspecified atom stereocenters. The van der Waals surface area contributed by atoms with Gasteiger partial charge in [0, 0.05) is 24.2 Å². The number of amides is 2. The Morgan fingerprint density at radius 2 is 1.93 bits per heavy atom. The van der Waals surface area contributed by atoms with Crippen molar-refractivity contribution in [3.05, 3.63) is 35.0 Å². The van der Waals surface area contributed by atoms with Crippen LogP contribution in [0.2, 0.25) is 0 Å². The maximum absolute atomic E-state index is 12.6. The fourth-order valence-corrected chi connectivity index (χ4v) is 3.73. The average molecular weight is 369 g/mol. The molecule has 1 N–H and O–H groups in total. The molecule has 27 heavy (non-hydrogen) atoms. The highest BCUT2D eigenvalue weighted by Crippen LogP contribution is 2.34. The quantitative estimate of drug-likeness (QED) is 0.889. The average Bonchev–Trinajstić information content (AvgIpc) is 3.27. The number of aromatic nitrogens is 1. The number of carbonyl (C=O) groups excluding carboxylic acids is 2. The number of hydrogen-bond donors (Lipinski definition) is 1. The molecule has 5 rings (SSSR count). The number of benzene rings is 1. The zero-order valence-corrected chi connectivity index (χ0v) is 14.7. The summed E-state index contributed by atoms with van der Waals surface area (Å²) in [7, 11) is 0. The minimum absolute atomic E-state index is 0.116. The van der Waals surface area contributed by atoms with Gasteiger partial charge < -0.3 is 18.9 Å². The Labute approximate surface area is 155 Å². The van der Waals surface area contributed by atoms with Crippen LogP contribution in [0, 0.1) is 5.92 Å². The monoisotopic (exact) mass is 369 g/mol. The molecule has 0 radical (unpaired) electrons. The fraction of sp³-hybridized carbons (Fsp3) is 0.421. The van der Waals surface area contributed by atoms with Crippen molar-refractivity contribution in [2.75, 3.05) is 25.2 Å². The van der Waals surface area contributed by atoms with Crippen LogP contribution < -0.4 is 14.8 Å². The first-order valence-electron chi connectivity index (χ1n) is 9.16. The summed E-state index contributed by atoms with van der Waals surface area (Å²) in [6.07, 6.45) is 3.97. The second-order valence-corrected chi connectivity index (χ2v) is 7.11. The summed E-state index contributed by atoms with van der Waals surface area (Å²) in [6, 6.07) is 5.12. The van der Waals surface area contributed by atoms with Gasteiger partial charge in [0.25, 0.3) is 5.91 Å². The largest absolute Gasteiger partial charge is 0.454 e. The molecule has 1 saturated heterocycles. The molecule has 1 aliphatic carbocycles. The SMILES string of the molecule is O=C(Nc1onc2c1CCCC2)C1CN(C(=O)c2ccc3c(c2)OCO3)C1. The number of rotatable bonds is 3. The van der Waals surface area contributed by atoms with E-state index in [1.165, 1.54) is 0 Å². The standard InChI is InChI=1S/C19H19N3O5/c23-17(20-18-13-3-1-2-4-14(13)21-27-18)12-8-22(9-12)19(24)11-5-6-15-16(7-11)26-10-25-15/h5-7,12H,1-4,8-10H2,(H,20,23). The molecule has 3 heterocycles. The number of nitrogens with zero attached hydrogens (tertiary/aromatic N) is 2. The fourth-order valence-electron chi connectivity index (χ4n) is 3.73.